The summed E-state index contributed by atoms with van der Waals surface area (Å²) in [5.41, 5.74) is 1.75. The van der Waals surface area contributed by atoms with Gasteiger partial charge in [0.2, 0.25) is 5.91 Å². The summed E-state index contributed by atoms with van der Waals surface area (Å²) in [6.45, 7) is 0.737. The Kier molecular flexibility index (Phi) is 3.88. The Morgan fingerprint density at radius 2 is 1.81 bits per heavy atom. The second-order valence-corrected chi connectivity index (χ2v) is 5.09. The highest BCUT2D eigenvalue weighted by molar-refractivity contribution is 5.96. The molecule has 1 amide bonds. The maximum absolute atomic E-state index is 11.9. The number of rotatable bonds is 4. The van der Waals surface area contributed by atoms with Crippen LogP contribution in [0.2, 0.25) is 0 Å². The van der Waals surface area contributed by atoms with Gasteiger partial charge in [0, 0.05) is 5.56 Å². The molecule has 4 nitrogen and oxygen atoms in total. The monoisotopic (exact) mass is 283 g/mol. The number of aliphatic hydroxyl groups is 1. The number of carbonyl (C=O) groups excluding carboxylic acids is 1. The fraction of sp³-hybridized carbons (Fsp3) is 0.235. The van der Waals surface area contributed by atoms with E-state index < -0.39 is 6.10 Å². The van der Waals surface area contributed by atoms with E-state index in [0.29, 0.717) is 13.2 Å². The van der Waals surface area contributed by atoms with E-state index in [1.807, 2.05) is 54.6 Å². The second kappa shape index (κ2) is 5.97. The zero-order chi connectivity index (χ0) is 14.7. The maximum atomic E-state index is 11.9. The lowest BCUT2D eigenvalue weighted by Gasteiger charge is -2.20. The summed E-state index contributed by atoms with van der Waals surface area (Å²) >= 11 is 0. The van der Waals surface area contributed by atoms with Crippen LogP contribution >= 0.6 is 0 Å². The molecule has 0 aromatic heterocycles. The summed E-state index contributed by atoms with van der Waals surface area (Å²) < 4.78 is 5.75. The Bertz CT molecular complexity index is 627. The van der Waals surface area contributed by atoms with Gasteiger partial charge < -0.3 is 14.7 Å². The molecule has 0 saturated carbocycles. The van der Waals surface area contributed by atoms with Crippen LogP contribution in [0.5, 0.6) is 5.75 Å². The number of anilines is 1. The smallest absolute Gasteiger partial charge is 0.229 e. The third-order valence-corrected chi connectivity index (χ3v) is 3.52. The summed E-state index contributed by atoms with van der Waals surface area (Å²) in [7, 11) is 0. The Balaban J connectivity index is 1.78. The van der Waals surface area contributed by atoms with Gasteiger partial charge in [-0.05, 0) is 18.2 Å². The van der Waals surface area contributed by atoms with Crippen LogP contribution in [0.1, 0.15) is 12.0 Å². The van der Waals surface area contributed by atoms with Crippen molar-refractivity contribution in [3.63, 3.8) is 0 Å². The number of benzene rings is 2. The van der Waals surface area contributed by atoms with Crippen molar-refractivity contribution in [2.75, 3.05) is 11.4 Å². The number of hydrogen-bond donors (Lipinski definition) is 1. The summed E-state index contributed by atoms with van der Waals surface area (Å²) in [6.07, 6.45) is -0.394. The topological polar surface area (TPSA) is 49.8 Å². The molecule has 2 aromatic rings. The third-order valence-electron chi connectivity index (χ3n) is 3.52. The lowest BCUT2D eigenvalue weighted by atomic mass is 10.1. The van der Waals surface area contributed by atoms with Gasteiger partial charge in [-0.3, -0.25) is 4.79 Å². The van der Waals surface area contributed by atoms with Crippen LogP contribution < -0.4 is 9.64 Å². The average Bonchev–Trinajstić information content (AvgIpc) is 2.85. The summed E-state index contributed by atoms with van der Waals surface area (Å²) in [6, 6.07) is 17.2. The van der Waals surface area contributed by atoms with Gasteiger partial charge in [-0.25, -0.2) is 0 Å². The van der Waals surface area contributed by atoms with E-state index in [0.717, 1.165) is 17.0 Å². The van der Waals surface area contributed by atoms with Crippen LogP contribution in [-0.4, -0.2) is 23.7 Å². The van der Waals surface area contributed by atoms with Crippen molar-refractivity contribution < 1.29 is 14.6 Å². The van der Waals surface area contributed by atoms with E-state index >= 15 is 0 Å². The molecule has 1 aliphatic heterocycles. The molecule has 108 valence electrons. The van der Waals surface area contributed by atoms with Gasteiger partial charge >= 0.3 is 0 Å². The molecule has 0 bridgehead atoms. The van der Waals surface area contributed by atoms with Gasteiger partial charge in [-0.2, -0.15) is 0 Å². The van der Waals surface area contributed by atoms with Crippen LogP contribution in [-0.2, 0) is 11.4 Å². The minimum absolute atomic E-state index is 0.0466. The first kappa shape index (κ1) is 13.6. The van der Waals surface area contributed by atoms with Crippen molar-refractivity contribution in [3.05, 3.63) is 60.2 Å². The molecule has 1 aliphatic rings. The average molecular weight is 283 g/mol. The lowest BCUT2D eigenvalue weighted by molar-refractivity contribution is -0.117. The van der Waals surface area contributed by atoms with E-state index in [1.54, 1.807) is 4.90 Å². The quantitative estimate of drug-likeness (QED) is 0.937. The summed E-state index contributed by atoms with van der Waals surface area (Å²) in [5, 5.41) is 9.64. The molecule has 4 heteroatoms. The first-order chi connectivity index (χ1) is 10.2. The van der Waals surface area contributed by atoms with E-state index in [9.17, 15) is 9.90 Å². The molecule has 1 heterocycles. The summed E-state index contributed by atoms with van der Waals surface area (Å²) in [4.78, 5) is 13.6. The van der Waals surface area contributed by atoms with Crippen LogP contribution in [0.3, 0.4) is 0 Å². The van der Waals surface area contributed by atoms with E-state index in [-0.39, 0.29) is 12.3 Å². The molecule has 0 spiro atoms. The number of para-hydroxylation sites is 2. The molecule has 0 radical (unpaired) electrons. The molecule has 21 heavy (non-hydrogen) atoms. The molecular formula is C17H17NO3. The first-order valence-electron chi connectivity index (χ1n) is 6.98. The van der Waals surface area contributed by atoms with Crippen LogP contribution in [0.25, 0.3) is 0 Å². The number of ether oxygens (including phenoxy) is 1. The molecule has 1 atom stereocenters. The van der Waals surface area contributed by atoms with Crippen molar-refractivity contribution in [2.24, 2.45) is 0 Å². The van der Waals surface area contributed by atoms with Gasteiger partial charge in [0.1, 0.15) is 12.4 Å². The van der Waals surface area contributed by atoms with Crippen LogP contribution in [0.15, 0.2) is 54.6 Å². The SMILES string of the molecule is O=C1CC(O)CN1c1ccccc1COc1ccccc1. The Morgan fingerprint density at radius 1 is 1.10 bits per heavy atom. The van der Waals surface area contributed by atoms with E-state index in [2.05, 4.69) is 0 Å². The summed E-state index contributed by atoms with van der Waals surface area (Å²) in [5.74, 6) is 0.745. The molecule has 2 aromatic carbocycles. The van der Waals surface area contributed by atoms with Gasteiger partial charge in [0.05, 0.1) is 24.8 Å². The van der Waals surface area contributed by atoms with Gasteiger partial charge in [-0.15, -0.1) is 0 Å². The molecule has 0 aliphatic carbocycles. The zero-order valence-electron chi connectivity index (χ0n) is 11.6. The first-order valence-corrected chi connectivity index (χ1v) is 6.98. The van der Waals surface area contributed by atoms with Crippen molar-refractivity contribution in [1.82, 2.24) is 0 Å². The highest BCUT2D eigenvalue weighted by atomic mass is 16.5. The third kappa shape index (κ3) is 3.06. The number of β-amino-alcohol motifs (C(OH)–C–C–N with tert-alkyl or cyclic N) is 1. The Hall–Kier alpha value is -2.33. The van der Waals surface area contributed by atoms with Gasteiger partial charge in [-0.1, -0.05) is 36.4 Å². The fourth-order valence-corrected chi connectivity index (χ4v) is 2.50. The van der Waals surface area contributed by atoms with Crippen molar-refractivity contribution >= 4 is 11.6 Å². The normalized spacial score (nSPS) is 18.0. The zero-order valence-corrected chi connectivity index (χ0v) is 11.6. The predicted molar refractivity (Wildman–Crippen MR) is 80.2 cm³/mol. The van der Waals surface area contributed by atoms with Crippen molar-refractivity contribution in [2.45, 2.75) is 19.1 Å². The standard InChI is InChI=1S/C17H17NO3/c19-14-10-17(20)18(11-14)16-9-5-4-6-13(16)12-21-15-7-2-1-3-8-15/h1-9,14,19H,10-12H2. The molecule has 1 N–H and O–H groups in total. The highest BCUT2D eigenvalue weighted by Crippen LogP contribution is 2.26. The maximum Gasteiger partial charge on any atom is 0.229 e. The highest BCUT2D eigenvalue weighted by Gasteiger charge is 2.30. The number of amides is 1. The second-order valence-electron chi connectivity index (χ2n) is 5.09. The van der Waals surface area contributed by atoms with Crippen molar-refractivity contribution in [3.8, 4) is 5.75 Å². The Labute approximate surface area is 123 Å². The predicted octanol–water partition coefficient (Wildman–Crippen LogP) is 2.36. The molecule has 1 fully saturated rings. The molecule has 3 rings (SSSR count). The van der Waals surface area contributed by atoms with Gasteiger partial charge in [0.15, 0.2) is 0 Å². The largest absolute Gasteiger partial charge is 0.489 e. The number of carbonyl (C=O) groups is 1. The minimum atomic E-state index is -0.583. The number of nitrogens with zero attached hydrogens (tertiary/aromatic N) is 1. The van der Waals surface area contributed by atoms with E-state index in [4.69, 9.17) is 4.74 Å². The van der Waals surface area contributed by atoms with Crippen LogP contribution in [0.4, 0.5) is 5.69 Å². The Morgan fingerprint density at radius 3 is 2.52 bits per heavy atom. The fourth-order valence-electron chi connectivity index (χ4n) is 2.50. The lowest BCUT2D eigenvalue weighted by Crippen LogP contribution is -2.26. The number of aliphatic hydroxyl groups excluding tert-OH is 1. The minimum Gasteiger partial charge on any atom is -0.489 e. The van der Waals surface area contributed by atoms with Crippen LogP contribution in [0, 0.1) is 0 Å². The van der Waals surface area contributed by atoms with Crippen molar-refractivity contribution in [1.29, 1.82) is 0 Å². The molecule has 1 unspecified atom stereocenters. The molecule has 1 saturated heterocycles. The molecular weight excluding hydrogens is 266 g/mol. The van der Waals surface area contributed by atoms with E-state index in [1.165, 1.54) is 0 Å². The number of hydrogen-bond acceptors (Lipinski definition) is 3. The van der Waals surface area contributed by atoms with Gasteiger partial charge in [0.25, 0.3) is 0 Å².